The number of nitrogens with zero attached hydrogens (tertiary/aromatic N) is 2. The third-order valence-corrected chi connectivity index (χ3v) is 3.89. The number of rotatable bonds is 3. The second kappa shape index (κ2) is 4.66. The molecule has 0 aliphatic carbocycles. The van der Waals surface area contributed by atoms with Crippen molar-refractivity contribution in [2.45, 2.75) is 31.1 Å². The summed E-state index contributed by atoms with van der Waals surface area (Å²) in [5.74, 6) is 0. The number of thioether (sulfide) groups is 1. The zero-order valence-electron chi connectivity index (χ0n) is 8.76. The summed E-state index contributed by atoms with van der Waals surface area (Å²) < 4.78 is 0. The fourth-order valence-electron chi connectivity index (χ4n) is 1.80. The van der Waals surface area contributed by atoms with E-state index >= 15 is 0 Å². The molecule has 1 aliphatic rings. The maximum atomic E-state index is 5.75. The van der Waals surface area contributed by atoms with Gasteiger partial charge in [-0.1, -0.05) is 18.7 Å². The van der Waals surface area contributed by atoms with Crippen molar-refractivity contribution in [2.24, 2.45) is 10.7 Å². The number of hydrogen-bond acceptors (Lipinski definition) is 4. The third kappa shape index (κ3) is 2.50. The van der Waals surface area contributed by atoms with E-state index in [1.165, 1.54) is 5.56 Å². The molecule has 2 N–H and O–H groups in total. The van der Waals surface area contributed by atoms with Gasteiger partial charge < -0.3 is 5.73 Å². The topological polar surface area (TPSA) is 51.3 Å². The molecule has 0 aromatic carbocycles. The molecule has 0 saturated heterocycles. The summed E-state index contributed by atoms with van der Waals surface area (Å²) in [5.41, 5.74) is 7.03. The number of aliphatic imine (C=N–C) groups is 1. The average Bonchev–Trinajstić information content (AvgIpc) is 2.60. The van der Waals surface area contributed by atoms with E-state index in [0.29, 0.717) is 11.3 Å². The lowest BCUT2D eigenvalue weighted by atomic mass is 10.0. The maximum absolute atomic E-state index is 5.75. The molecular formula is C11H15N3S. The van der Waals surface area contributed by atoms with Gasteiger partial charge in [-0.25, -0.2) is 0 Å². The summed E-state index contributed by atoms with van der Waals surface area (Å²) >= 11 is 1.71. The van der Waals surface area contributed by atoms with Crippen molar-refractivity contribution in [3.63, 3.8) is 0 Å². The van der Waals surface area contributed by atoms with Crippen molar-refractivity contribution >= 4 is 16.9 Å². The lowest BCUT2D eigenvalue weighted by Gasteiger charge is -2.14. The van der Waals surface area contributed by atoms with E-state index in [9.17, 15) is 0 Å². The highest BCUT2D eigenvalue weighted by Crippen LogP contribution is 2.29. The molecule has 1 aromatic rings. The molecular weight excluding hydrogens is 206 g/mol. The minimum atomic E-state index is 0.336. The van der Waals surface area contributed by atoms with Crippen molar-refractivity contribution in [2.75, 3.05) is 0 Å². The Hall–Kier alpha value is -1.03. The highest BCUT2D eigenvalue weighted by atomic mass is 32.2. The Balaban J connectivity index is 2.05. The predicted octanol–water partition coefficient (Wildman–Crippen LogP) is 1.83. The van der Waals surface area contributed by atoms with Crippen LogP contribution in [0.5, 0.6) is 0 Å². The van der Waals surface area contributed by atoms with E-state index < -0.39 is 0 Å². The van der Waals surface area contributed by atoms with Crippen LogP contribution < -0.4 is 5.73 Å². The number of hydrogen-bond donors (Lipinski definition) is 1. The lowest BCUT2D eigenvalue weighted by Crippen LogP contribution is -2.19. The van der Waals surface area contributed by atoms with Gasteiger partial charge in [-0.3, -0.25) is 9.98 Å². The molecule has 1 aromatic heterocycles. The summed E-state index contributed by atoms with van der Waals surface area (Å²) in [4.78, 5) is 8.48. The fourth-order valence-corrected chi connectivity index (χ4v) is 2.79. The quantitative estimate of drug-likeness (QED) is 0.847. The van der Waals surface area contributed by atoms with Crippen LogP contribution in [0.2, 0.25) is 0 Å². The zero-order chi connectivity index (χ0) is 10.7. The van der Waals surface area contributed by atoms with Gasteiger partial charge in [0.25, 0.3) is 0 Å². The molecule has 0 unspecified atom stereocenters. The van der Waals surface area contributed by atoms with Crippen LogP contribution in [-0.4, -0.2) is 21.4 Å². The number of pyridine rings is 1. The van der Waals surface area contributed by atoms with Crippen LogP contribution in [0, 0.1) is 0 Å². The first-order valence-corrected chi connectivity index (χ1v) is 6.06. The third-order valence-electron chi connectivity index (χ3n) is 2.59. The lowest BCUT2D eigenvalue weighted by molar-refractivity contribution is 0.630. The summed E-state index contributed by atoms with van der Waals surface area (Å²) in [6.07, 6.45) is 5.73. The van der Waals surface area contributed by atoms with Crippen LogP contribution in [0.15, 0.2) is 29.5 Å². The van der Waals surface area contributed by atoms with E-state index in [4.69, 9.17) is 5.73 Å². The maximum Gasteiger partial charge on any atom is 0.154 e. The van der Waals surface area contributed by atoms with Gasteiger partial charge in [-0.15, -0.1) is 0 Å². The van der Waals surface area contributed by atoms with Crippen LogP contribution in [0.4, 0.5) is 0 Å². The minimum Gasteiger partial charge on any atom is -0.379 e. The van der Waals surface area contributed by atoms with Gasteiger partial charge in [0.05, 0.1) is 6.04 Å². The first-order valence-electron chi connectivity index (χ1n) is 5.18. The molecule has 0 radical (unpaired) electrons. The Morgan fingerprint density at radius 3 is 2.80 bits per heavy atom. The monoisotopic (exact) mass is 221 g/mol. The largest absolute Gasteiger partial charge is 0.379 e. The first-order chi connectivity index (χ1) is 7.29. The van der Waals surface area contributed by atoms with Gasteiger partial charge >= 0.3 is 0 Å². The van der Waals surface area contributed by atoms with Crippen LogP contribution >= 0.6 is 11.8 Å². The highest BCUT2D eigenvalue weighted by molar-refractivity contribution is 8.14. The molecule has 0 fully saturated rings. The molecule has 0 amide bonds. The summed E-state index contributed by atoms with van der Waals surface area (Å²) in [6, 6.07) is 4.42. The van der Waals surface area contributed by atoms with Crippen LogP contribution in [0.25, 0.3) is 0 Å². The van der Waals surface area contributed by atoms with E-state index in [2.05, 4.69) is 16.9 Å². The molecule has 2 rings (SSSR count). The molecule has 2 atom stereocenters. The summed E-state index contributed by atoms with van der Waals surface area (Å²) in [6.45, 7) is 2.19. The van der Waals surface area contributed by atoms with Gasteiger partial charge in [-0.05, 0) is 30.5 Å². The van der Waals surface area contributed by atoms with E-state index in [1.807, 2.05) is 24.5 Å². The fraction of sp³-hybridized carbons (Fsp3) is 0.455. The van der Waals surface area contributed by atoms with Gasteiger partial charge in [0, 0.05) is 17.6 Å². The SMILES string of the molecule is CC[C@H]1SC(N)=N[C@@H]1Cc1ccncc1. The normalized spacial score (nSPS) is 25.3. The number of aromatic nitrogens is 1. The zero-order valence-corrected chi connectivity index (χ0v) is 9.57. The molecule has 0 saturated carbocycles. The molecule has 0 bridgehead atoms. The van der Waals surface area contributed by atoms with Crippen LogP contribution in [-0.2, 0) is 6.42 Å². The van der Waals surface area contributed by atoms with E-state index in [0.717, 1.165) is 18.0 Å². The smallest absolute Gasteiger partial charge is 0.154 e. The highest BCUT2D eigenvalue weighted by Gasteiger charge is 2.27. The molecule has 2 heterocycles. The minimum absolute atomic E-state index is 0.336. The van der Waals surface area contributed by atoms with Crippen LogP contribution in [0.1, 0.15) is 18.9 Å². The van der Waals surface area contributed by atoms with E-state index in [-0.39, 0.29) is 0 Å². The Kier molecular flexibility index (Phi) is 3.26. The second-order valence-corrected chi connectivity index (χ2v) is 4.92. The molecule has 80 valence electrons. The van der Waals surface area contributed by atoms with Gasteiger partial charge in [-0.2, -0.15) is 0 Å². The van der Waals surface area contributed by atoms with Crippen molar-refractivity contribution in [3.8, 4) is 0 Å². The first kappa shape index (κ1) is 10.5. The van der Waals surface area contributed by atoms with Gasteiger partial charge in [0.15, 0.2) is 5.17 Å². The summed E-state index contributed by atoms with van der Waals surface area (Å²) in [5, 5.41) is 1.28. The van der Waals surface area contributed by atoms with Crippen molar-refractivity contribution in [1.29, 1.82) is 0 Å². The predicted molar refractivity (Wildman–Crippen MR) is 65.0 cm³/mol. The van der Waals surface area contributed by atoms with E-state index in [1.54, 1.807) is 11.8 Å². The Bertz CT molecular complexity index is 350. The average molecular weight is 221 g/mol. The molecule has 4 heteroatoms. The second-order valence-electron chi connectivity index (χ2n) is 3.66. The Labute approximate surface area is 94.2 Å². The van der Waals surface area contributed by atoms with Crippen LogP contribution in [0.3, 0.4) is 0 Å². The summed E-state index contributed by atoms with van der Waals surface area (Å²) in [7, 11) is 0. The van der Waals surface area contributed by atoms with Crippen molar-refractivity contribution < 1.29 is 0 Å². The Morgan fingerprint density at radius 2 is 2.13 bits per heavy atom. The van der Waals surface area contributed by atoms with Crippen molar-refractivity contribution in [1.82, 2.24) is 4.98 Å². The number of amidine groups is 1. The molecule has 1 aliphatic heterocycles. The van der Waals surface area contributed by atoms with Crippen molar-refractivity contribution in [3.05, 3.63) is 30.1 Å². The Morgan fingerprint density at radius 1 is 1.40 bits per heavy atom. The molecule has 15 heavy (non-hydrogen) atoms. The number of nitrogens with two attached hydrogens (primary N) is 1. The van der Waals surface area contributed by atoms with Gasteiger partial charge in [0.2, 0.25) is 0 Å². The van der Waals surface area contributed by atoms with Gasteiger partial charge in [0.1, 0.15) is 0 Å². The molecule has 0 spiro atoms. The standard InChI is InChI=1S/C11H15N3S/c1-2-10-9(14-11(12)15-10)7-8-3-5-13-6-4-8/h3-6,9-10H,2,7H2,1H3,(H2,12,14)/t9-,10-/m1/s1. The molecule has 3 nitrogen and oxygen atoms in total.